The van der Waals surface area contributed by atoms with Crippen LogP contribution in [0.4, 0.5) is 0 Å². The van der Waals surface area contributed by atoms with Crippen molar-refractivity contribution >= 4 is 23.6 Å². The Kier molecular flexibility index (Phi) is 2.77. The summed E-state index contributed by atoms with van der Waals surface area (Å²) in [6.45, 7) is 0. The zero-order chi connectivity index (χ0) is 8.27. The van der Waals surface area contributed by atoms with Crippen molar-refractivity contribution in [2.24, 2.45) is 0 Å². The predicted octanol–water partition coefficient (Wildman–Crippen LogP) is 2.78. The minimum atomic E-state index is 0.367. The summed E-state index contributed by atoms with van der Waals surface area (Å²) in [4.78, 5) is 0.633. The Bertz CT molecular complexity index is 308. The van der Waals surface area contributed by atoms with Crippen LogP contribution >= 0.6 is 23.6 Å². The molecule has 0 saturated heterocycles. The van der Waals surface area contributed by atoms with Gasteiger partial charge in [-0.05, 0) is 18.2 Å². The molecule has 0 heterocycles. The van der Waals surface area contributed by atoms with Crippen molar-refractivity contribution in [3.05, 3.63) is 28.8 Å². The first kappa shape index (κ1) is 8.41. The van der Waals surface area contributed by atoms with Crippen LogP contribution in [0.15, 0.2) is 23.1 Å². The molecule has 1 N–H and O–H groups in total. The van der Waals surface area contributed by atoms with Gasteiger partial charge in [0, 0.05) is 16.9 Å². The van der Waals surface area contributed by atoms with Gasteiger partial charge < -0.3 is 4.55 Å². The molecule has 1 aromatic carbocycles. The largest absolute Gasteiger partial charge is 0.325 e. The van der Waals surface area contributed by atoms with Crippen LogP contribution in [-0.2, 0) is 0 Å². The summed E-state index contributed by atoms with van der Waals surface area (Å²) in [5.41, 5.74) is 0.421. The Hall–Kier alpha value is -0.690. The summed E-state index contributed by atoms with van der Waals surface area (Å²) in [6, 6.07) is 6.67. The van der Waals surface area contributed by atoms with Gasteiger partial charge >= 0.3 is 0 Å². The fraction of sp³-hybridized carbons (Fsp3) is 0. The number of hydrogen-bond acceptors (Lipinski definition) is 3. The number of halogens is 1. The molecule has 0 spiro atoms. The molecule has 0 atom stereocenters. The van der Waals surface area contributed by atoms with E-state index in [1.165, 1.54) is 0 Å². The second-order valence-electron chi connectivity index (χ2n) is 1.84. The van der Waals surface area contributed by atoms with E-state index in [1.807, 2.05) is 6.07 Å². The third kappa shape index (κ3) is 1.87. The second kappa shape index (κ2) is 3.63. The molecule has 0 aliphatic rings. The molecule has 0 aliphatic heterocycles. The van der Waals surface area contributed by atoms with Gasteiger partial charge in [0.2, 0.25) is 0 Å². The van der Waals surface area contributed by atoms with Gasteiger partial charge in [-0.3, -0.25) is 0 Å². The van der Waals surface area contributed by atoms with Crippen LogP contribution < -0.4 is 0 Å². The molecule has 2 nitrogen and oxygen atoms in total. The smallest absolute Gasteiger partial charge is 0.101 e. The van der Waals surface area contributed by atoms with E-state index in [0.717, 1.165) is 0 Å². The summed E-state index contributed by atoms with van der Waals surface area (Å²) >= 11 is 6.27. The maximum Gasteiger partial charge on any atom is 0.101 e. The van der Waals surface area contributed by atoms with Gasteiger partial charge in [-0.15, -0.1) is 0 Å². The van der Waals surface area contributed by atoms with Gasteiger partial charge in [-0.25, -0.2) is 0 Å². The van der Waals surface area contributed by atoms with E-state index in [9.17, 15) is 0 Å². The maximum atomic E-state index is 8.60. The van der Waals surface area contributed by atoms with Crippen LogP contribution in [-0.4, -0.2) is 4.55 Å². The van der Waals surface area contributed by atoms with Crippen molar-refractivity contribution in [3.8, 4) is 6.07 Å². The van der Waals surface area contributed by atoms with E-state index in [0.29, 0.717) is 27.5 Å². The van der Waals surface area contributed by atoms with Crippen LogP contribution in [0.3, 0.4) is 0 Å². The molecule has 0 aliphatic carbocycles. The standard InChI is InChI=1S/C7H4ClNOS/c8-7-3-6(11-10)2-1-5(7)4-9/h1-3,10H. The monoisotopic (exact) mass is 185 g/mol. The fourth-order valence-corrected chi connectivity index (χ4v) is 1.23. The molecular weight excluding hydrogens is 182 g/mol. The zero-order valence-electron chi connectivity index (χ0n) is 5.41. The van der Waals surface area contributed by atoms with E-state index in [2.05, 4.69) is 0 Å². The first-order valence-electron chi connectivity index (χ1n) is 2.79. The Balaban J connectivity index is 3.12. The lowest BCUT2D eigenvalue weighted by molar-refractivity contribution is 0.664. The summed E-state index contributed by atoms with van der Waals surface area (Å²) in [6.07, 6.45) is 0. The molecule has 1 rings (SSSR count). The average molecular weight is 186 g/mol. The van der Waals surface area contributed by atoms with E-state index in [-0.39, 0.29) is 0 Å². The molecule has 1 aromatic rings. The zero-order valence-corrected chi connectivity index (χ0v) is 6.99. The van der Waals surface area contributed by atoms with Gasteiger partial charge in [-0.1, -0.05) is 11.6 Å². The minimum absolute atomic E-state index is 0.367. The summed E-state index contributed by atoms with van der Waals surface area (Å²) in [7, 11) is 0. The first-order valence-corrected chi connectivity index (χ1v) is 3.94. The van der Waals surface area contributed by atoms with Crippen LogP contribution in [0, 0.1) is 11.3 Å². The van der Waals surface area contributed by atoms with Crippen molar-refractivity contribution in [2.45, 2.75) is 4.90 Å². The van der Waals surface area contributed by atoms with E-state index < -0.39 is 0 Å². The van der Waals surface area contributed by atoms with Crippen molar-refractivity contribution in [1.29, 1.82) is 5.26 Å². The third-order valence-corrected chi connectivity index (χ3v) is 1.94. The van der Waals surface area contributed by atoms with Crippen LogP contribution in [0.1, 0.15) is 5.56 Å². The molecule has 0 aromatic heterocycles. The van der Waals surface area contributed by atoms with Crippen LogP contribution in [0.25, 0.3) is 0 Å². The van der Waals surface area contributed by atoms with Gasteiger partial charge in [0.1, 0.15) is 6.07 Å². The Labute approximate surface area is 73.6 Å². The SMILES string of the molecule is N#Cc1ccc(SO)cc1Cl. The average Bonchev–Trinajstić information content (AvgIpc) is 2.04. The Morgan fingerprint density at radius 2 is 2.27 bits per heavy atom. The topological polar surface area (TPSA) is 44.0 Å². The lowest BCUT2D eigenvalue weighted by atomic mass is 10.2. The first-order chi connectivity index (χ1) is 5.27. The molecular formula is C7H4ClNOS. The highest BCUT2D eigenvalue weighted by Crippen LogP contribution is 2.22. The molecule has 0 amide bonds. The summed E-state index contributed by atoms with van der Waals surface area (Å²) < 4.78 is 8.60. The maximum absolute atomic E-state index is 8.60. The molecule has 0 fully saturated rings. The summed E-state index contributed by atoms with van der Waals surface area (Å²) in [5, 5.41) is 8.85. The number of nitrogens with zero attached hydrogens (tertiary/aromatic N) is 1. The molecule has 0 bridgehead atoms. The number of nitriles is 1. The highest BCUT2D eigenvalue weighted by Gasteiger charge is 1.99. The summed E-state index contributed by atoms with van der Waals surface area (Å²) in [5.74, 6) is 0. The van der Waals surface area contributed by atoms with Gasteiger partial charge in [0.05, 0.1) is 10.6 Å². The lowest BCUT2D eigenvalue weighted by Gasteiger charge is -1.96. The highest BCUT2D eigenvalue weighted by atomic mass is 35.5. The fourth-order valence-electron chi connectivity index (χ4n) is 0.643. The van der Waals surface area contributed by atoms with Crippen LogP contribution in [0.5, 0.6) is 0 Å². The predicted molar refractivity (Wildman–Crippen MR) is 44.7 cm³/mol. The molecule has 11 heavy (non-hydrogen) atoms. The minimum Gasteiger partial charge on any atom is -0.325 e. The third-order valence-electron chi connectivity index (χ3n) is 1.17. The quantitative estimate of drug-likeness (QED) is 0.685. The van der Waals surface area contributed by atoms with E-state index in [4.69, 9.17) is 21.4 Å². The van der Waals surface area contributed by atoms with E-state index in [1.54, 1.807) is 18.2 Å². The lowest BCUT2D eigenvalue weighted by Crippen LogP contribution is -1.76. The number of benzene rings is 1. The van der Waals surface area contributed by atoms with Crippen molar-refractivity contribution < 1.29 is 4.55 Å². The van der Waals surface area contributed by atoms with Gasteiger partial charge in [-0.2, -0.15) is 5.26 Å². The molecule has 56 valence electrons. The normalized spacial score (nSPS) is 9.18. The molecule has 0 unspecified atom stereocenters. The number of rotatable bonds is 1. The van der Waals surface area contributed by atoms with Crippen molar-refractivity contribution in [3.63, 3.8) is 0 Å². The van der Waals surface area contributed by atoms with Gasteiger partial charge in [0.25, 0.3) is 0 Å². The molecule has 0 radical (unpaired) electrons. The van der Waals surface area contributed by atoms with Gasteiger partial charge in [0.15, 0.2) is 0 Å². The Morgan fingerprint density at radius 3 is 2.73 bits per heavy atom. The Morgan fingerprint density at radius 1 is 1.55 bits per heavy atom. The number of hydrogen-bond donors (Lipinski definition) is 1. The molecule has 0 saturated carbocycles. The van der Waals surface area contributed by atoms with Crippen LogP contribution in [0.2, 0.25) is 5.02 Å². The molecule has 4 heteroatoms. The van der Waals surface area contributed by atoms with E-state index >= 15 is 0 Å². The van der Waals surface area contributed by atoms with Crippen molar-refractivity contribution in [1.82, 2.24) is 0 Å². The second-order valence-corrected chi connectivity index (χ2v) is 2.91. The van der Waals surface area contributed by atoms with Crippen molar-refractivity contribution in [2.75, 3.05) is 0 Å². The highest BCUT2D eigenvalue weighted by molar-refractivity contribution is 7.93.